The summed E-state index contributed by atoms with van der Waals surface area (Å²) < 4.78 is 51.0. The number of likely N-dealkylation sites (tertiary alicyclic amines) is 2. The summed E-state index contributed by atoms with van der Waals surface area (Å²) in [5, 5.41) is 15.2. The van der Waals surface area contributed by atoms with E-state index in [1.807, 2.05) is 0 Å². The van der Waals surface area contributed by atoms with E-state index in [2.05, 4.69) is 21.7 Å². The second-order valence-corrected chi connectivity index (χ2v) is 15.0. The lowest BCUT2D eigenvalue weighted by atomic mass is 9.77. The van der Waals surface area contributed by atoms with Gasteiger partial charge in [0.1, 0.15) is 24.3 Å². The third kappa shape index (κ3) is 4.63. The molecule has 14 heteroatoms. The number of rotatable bonds is 5. The first kappa shape index (κ1) is 30.7. The van der Waals surface area contributed by atoms with Crippen LogP contribution in [0.5, 0.6) is 5.75 Å². The summed E-state index contributed by atoms with van der Waals surface area (Å²) in [6.45, 7) is 4.73. The van der Waals surface area contributed by atoms with Gasteiger partial charge in [-0.3, -0.25) is 19.2 Å². The first-order chi connectivity index (χ1) is 21.7. The average molecular weight is 643 g/mol. The first-order valence-electron chi connectivity index (χ1n) is 15.9. The van der Waals surface area contributed by atoms with Crippen LogP contribution in [0, 0.1) is 46.3 Å². The number of halogens is 3. The Morgan fingerprint density at radius 3 is 2.61 bits per heavy atom. The van der Waals surface area contributed by atoms with E-state index in [0.717, 1.165) is 0 Å². The maximum atomic E-state index is 15.3. The highest BCUT2D eigenvalue weighted by Crippen LogP contribution is 2.59. The molecule has 5 fully saturated rings. The predicted molar refractivity (Wildman–Crippen MR) is 155 cm³/mol. The Morgan fingerprint density at radius 1 is 1.20 bits per heavy atom. The molecule has 246 valence electrons. The molecule has 1 spiro atoms. The Morgan fingerprint density at radius 2 is 1.93 bits per heavy atom. The molecular formula is C32H37F3N6O5. The summed E-state index contributed by atoms with van der Waals surface area (Å²) in [5.74, 6) is -8.97. The van der Waals surface area contributed by atoms with Gasteiger partial charge in [-0.05, 0) is 66.9 Å². The molecule has 2 bridgehead atoms. The fraction of sp³-hybridized carbons (Fsp3) is 0.688. The van der Waals surface area contributed by atoms with Crippen molar-refractivity contribution in [1.29, 1.82) is 5.26 Å². The SMILES string of the molecule is CC(C)(C)C(NC(=O)C(F)(F)C1CC1)C(=O)N1CC2C3CC(F)C(C3)C2C1C(=O)N1CC2(CC1C#N)Oc1cccnc1NC2=O. The molecule has 3 saturated carbocycles. The number of carbonyl (C=O) groups is 4. The molecule has 9 unspecified atom stereocenters. The third-order valence-electron chi connectivity index (χ3n) is 11.1. The van der Waals surface area contributed by atoms with Crippen molar-refractivity contribution in [2.24, 2.45) is 35.0 Å². The van der Waals surface area contributed by atoms with Crippen LogP contribution < -0.4 is 15.4 Å². The zero-order valence-electron chi connectivity index (χ0n) is 25.8. The topological polar surface area (TPSA) is 145 Å². The number of nitriles is 1. The summed E-state index contributed by atoms with van der Waals surface area (Å²) in [7, 11) is 0. The predicted octanol–water partition coefficient (Wildman–Crippen LogP) is 2.67. The van der Waals surface area contributed by atoms with Gasteiger partial charge in [0.05, 0.1) is 12.6 Å². The lowest BCUT2D eigenvalue weighted by Gasteiger charge is -2.39. The average Bonchev–Trinajstić information content (AvgIpc) is 3.38. The minimum Gasteiger partial charge on any atom is -0.472 e. The van der Waals surface area contributed by atoms with Gasteiger partial charge in [-0.25, -0.2) is 9.37 Å². The van der Waals surface area contributed by atoms with Gasteiger partial charge in [-0.15, -0.1) is 0 Å². The van der Waals surface area contributed by atoms with Crippen molar-refractivity contribution < 1.29 is 37.1 Å². The number of nitrogens with zero attached hydrogens (tertiary/aromatic N) is 4. The number of pyridine rings is 1. The summed E-state index contributed by atoms with van der Waals surface area (Å²) in [6, 6.07) is 1.64. The summed E-state index contributed by atoms with van der Waals surface area (Å²) in [6.07, 6.45) is 1.50. The Balaban J connectivity index is 1.21. The number of hydrogen-bond donors (Lipinski definition) is 2. The highest BCUT2D eigenvalue weighted by atomic mass is 19.3. The molecule has 6 aliphatic rings. The van der Waals surface area contributed by atoms with Gasteiger partial charge in [-0.2, -0.15) is 14.0 Å². The second-order valence-electron chi connectivity index (χ2n) is 15.0. The standard InChI is InChI=1S/C32H37F3N6O5/c1-30(2,3)24(38-29(45)32(34,35)16-6-7-16)27(43)40-13-19-15-9-18(20(33)10-15)22(19)23(40)26(42)41-14-31(11-17(41)12-36)28(44)39-25-21(46-31)5-4-8-37-25/h4-5,8,15-20,22-24H,6-7,9-11,13-14H2,1-3H3,(H,38,45)(H,37,39,44). The molecule has 11 nitrogen and oxygen atoms in total. The zero-order chi connectivity index (χ0) is 32.9. The van der Waals surface area contributed by atoms with E-state index < -0.39 is 82.6 Å². The molecule has 46 heavy (non-hydrogen) atoms. The van der Waals surface area contributed by atoms with Gasteiger partial charge in [0.15, 0.2) is 11.6 Å². The van der Waals surface area contributed by atoms with E-state index in [1.165, 1.54) is 16.0 Å². The number of alkyl halides is 3. The molecular weight excluding hydrogens is 605 g/mol. The van der Waals surface area contributed by atoms with Crippen molar-refractivity contribution in [2.75, 3.05) is 18.4 Å². The van der Waals surface area contributed by atoms with Crippen LogP contribution >= 0.6 is 0 Å². The van der Waals surface area contributed by atoms with Gasteiger partial charge in [0.2, 0.25) is 17.4 Å². The highest BCUT2D eigenvalue weighted by Gasteiger charge is 2.66. The summed E-state index contributed by atoms with van der Waals surface area (Å²) >= 11 is 0. The van der Waals surface area contributed by atoms with Crippen LogP contribution in [0.1, 0.15) is 52.9 Å². The van der Waals surface area contributed by atoms with Gasteiger partial charge >= 0.3 is 5.92 Å². The largest absolute Gasteiger partial charge is 0.472 e. The van der Waals surface area contributed by atoms with E-state index in [1.54, 1.807) is 32.9 Å². The molecule has 2 saturated heterocycles. The molecule has 7 rings (SSSR count). The molecule has 0 aromatic carbocycles. The van der Waals surface area contributed by atoms with Crippen LogP contribution in [0.4, 0.5) is 19.0 Å². The number of carbonyl (C=O) groups excluding carboxylic acids is 4. The molecule has 3 aliphatic carbocycles. The normalized spacial score (nSPS) is 35.2. The van der Waals surface area contributed by atoms with Crippen LogP contribution in [0.15, 0.2) is 18.3 Å². The van der Waals surface area contributed by atoms with E-state index in [-0.39, 0.29) is 55.8 Å². The maximum Gasteiger partial charge on any atom is 0.327 e. The molecule has 9 atom stereocenters. The summed E-state index contributed by atoms with van der Waals surface area (Å²) in [4.78, 5) is 61.8. The van der Waals surface area contributed by atoms with Crippen LogP contribution in [-0.4, -0.2) is 87.3 Å². The van der Waals surface area contributed by atoms with E-state index >= 15 is 4.39 Å². The van der Waals surface area contributed by atoms with E-state index in [4.69, 9.17) is 4.74 Å². The minimum atomic E-state index is -3.64. The number of hydrogen-bond acceptors (Lipinski definition) is 7. The molecule has 4 heterocycles. The fourth-order valence-corrected chi connectivity index (χ4v) is 8.60. The lowest BCUT2D eigenvalue weighted by Crippen LogP contribution is -2.61. The maximum absolute atomic E-state index is 15.3. The molecule has 4 amide bonds. The zero-order valence-corrected chi connectivity index (χ0v) is 25.8. The fourth-order valence-electron chi connectivity index (χ4n) is 8.60. The van der Waals surface area contributed by atoms with Gasteiger partial charge < -0.3 is 25.2 Å². The van der Waals surface area contributed by atoms with Crippen molar-refractivity contribution >= 4 is 29.4 Å². The van der Waals surface area contributed by atoms with Crippen LogP contribution in [0.3, 0.4) is 0 Å². The molecule has 1 aromatic rings. The van der Waals surface area contributed by atoms with Gasteiger partial charge in [0, 0.05) is 25.1 Å². The second kappa shape index (κ2) is 10.3. The Kier molecular flexibility index (Phi) is 6.89. The Bertz CT molecular complexity index is 1540. The van der Waals surface area contributed by atoms with Crippen LogP contribution in [0.2, 0.25) is 0 Å². The van der Waals surface area contributed by atoms with Crippen molar-refractivity contribution in [3.05, 3.63) is 18.3 Å². The van der Waals surface area contributed by atoms with Crippen molar-refractivity contribution in [3.63, 3.8) is 0 Å². The van der Waals surface area contributed by atoms with Crippen molar-refractivity contribution in [3.8, 4) is 11.8 Å². The van der Waals surface area contributed by atoms with Gasteiger partial charge in [0.25, 0.3) is 11.8 Å². The highest BCUT2D eigenvalue weighted by molar-refractivity contribution is 6.01. The Labute approximate surface area is 264 Å². The van der Waals surface area contributed by atoms with E-state index in [9.17, 15) is 33.2 Å². The number of anilines is 1. The summed E-state index contributed by atoms with van der Waals surface area (Å²) in [5.41, 5.74) is -2.60. The van der Waals surface area contributed by atoms with Gasteiger partial charge in [-0.1, -0.05) is 20.8 Å². The monoisotopic (exact) mass is 642 g/mol. The first-order valence-corrected chi connectivity index (χ1v) is 15.9. The quantitative estimate of drug-likeness (QED) is 0.503. The van der Waals surface area contributed by atoms with Crippen molar-refractivity contribution in [2.45, 2.75) is 88.7 Å². The number of ether oxygens (including phenoxy) is 1. The minimum absolute atomic E-state index is 0.0619. The van der Waals surface area contributed by atoms with Crippen molar-refractivity contribution in [1.82, 2.24) is 20.1 Å². The van der Waals surface area contributed by atoms with Crippen LogP contribution in [-0.2, 0) is 19.2 Å². The lowest BCUT2D eigenvalue weighted by molar-refractivity contribution is -0.155. The molecule has 1 aromatic heterocycles. The molecule has 3 aliphatic heterocycles. The Hall–Kier alpha value is -3.89. The number of amides is 4. The van der Waals surface area contributed by atoms with Crippen LogP contribution in [0.25, 0.3) is 0 Å². The number of nitrogens with one attached hydrogen (secondary N) is 2. The molecule has 0 radical (unpaired) electrons. The number of fused-ring (bicyclic) bond motifs is 6. The third-order valence-corrected chi connectivity index (χ3v) is 11.1. The smallest absolute Gasteiger partial charge is 0.327 e. The van der Waals surface area contributed by atoms with E-state index in [0.29, 0.717) is 12.8 Å². The number of aromatic nitrogens is 1. The molecule has 2 N–H and O–H groups in total.